The van der Waals surface area contributed by atoms with Gasteiger partial charge >= 0.3 is 0 Å². The molecule has 2 aliphatic carbocycles. The van der Waals surface area contributed by atoms with E-state index in [0.29, 0.717) is 11.5 Å². The zero-order valence-electron chi connectivity index (χ0n) is 13.8. The van der Waals surface area contributed by atoms with Crippen molar-refractivity contribution in [3.63, 3.8) is 0 Å². The van der Waals surface area contributed by atoms with Crippen LogP contribution >= 0.6 is 0 Å². The summed E-state index contributed by atoms with van der Waals surface area (Å²) in [4.78, 5) is 2.27. The van der Waals surface area contributed by atoms with Crippen LogP contribution in [0.1, 0.15) is 58.3 Å². The van der Waals surface area contributed by atoms with Crippen molar-refractivity contribution in [1.82, 2.24) is 10.2 Å². The highest BCUT2D eigenvalue weighted by molar-refractivity contribution is 5.08. The van der Waals surface area contributed by atoms with Gasteiger partial charge in [-0.2, -0.15) is 0 Å². The van der Waals surface area contributed by atoms with Crippen molar-refractivity contribution in [2.45, 2.75) is 70.4 Å². The van der Waals surface area contributed by atoms with E-state index in [-0.39, 0.29) is 0 Å². The molecule has 3 nitrogen and oxygen atoms in total. The summed E-state index contributed by atoms with van der Waals surface area (Å²) < 4.78 is 6.01. The number of hydrogen-bond donors (Lipinski definition) is 1. The highest BCUT2D eigenvalue weighted by Gasteiger charge is 2.55. The SMILES string of the molecule is CCOC1CC(NCCCCN(C)C)C12CCCCC2. The number of nitrogens with one attached hydrogen (secondary N) is 1. The number of nitrogens with zero attached hydrogens (tertiary/aromatic N) is 1. The lowest BCUT2D eigenvalue weighted by Gasteiger charge is -2.58. The maximum Gasteiger partial charge on any atom is 0.0661 e. The molecule has 0 radical (unpaired) electrons. The summed E-state index contributed by atoms with van der Waals surface area (Å²) in [5.74, 6) is 0. The monoisotopic (exact) mass is 282 g/mol. The molecule has 2 unspecified atom stereocenters. The Morgan fingerprint density at radius 2 is 1.90 bits per heavy atom. The van der Waals surface area contributed by atoms with Crippen LogP contribution in [-0.2, 0) is 4.74 Å². The molecular weight excluding hydrogens is 248 g/mol. The Labute approximate surface area is 125 Å². The molecule has 0 aromatic carbocycles. The molecule has 2 atom stereocenters. The third-order valence-electron chi connectivity index (χ3n) is 5.36. The van der Waals surface area contributed by atoms with Crippen LogP contribution in [-0.4, -0.2) is 50.8 Å². The molecule has 0 aliphatic heterocycles. The Kier molecular flexibility index (Phi) is 6.31. The molecule has 1 N–H and O–H groups in total. The van der Waals surface area contributed by atoms with Crippen LogP contribution in [0.5, 0.6) is 0 Å². The van der Waals surface area contributed by atoms with Gasteiger partial charge in [-0.1, -0.05) is 19.3 Å². The van der Waals surface area contributed by atoms with Gasteiger partial charge < -0.3 is 15.0 Å². The summed E-state index contributed by atoms with van der Waals surface area (Å²) >= 11 is 0. The van der Waals surface area contributed by atoms with Crippen molar-refractivity contribution in [2.24, 2.45) is 5.41 Å². The molecular formula is C17H34N2O. The quantitative estimate of drug-likeness (QED) is 0.693. The van der Waals surface area contributed by atoms with Gasteiger partial charge in [0.1, 0.15) is 0 Å². The van der Waals surface area contributed by atoms with E-state index < -0.39 is 0 Å². The van der Waals surface area contributed by atoms with Gasteiger partial charge in [0.2, 0.25) is 0 Å². The van der Waals surface area contributed by atoms with Crippen molar-refractivity contribution in [2.75, 3.05) is 33.8 Å². The van der Waals surface area contributed by atoms with Crippen LogP contribution < -0.4 is 5.32 Å². The van der Waals surface area contributed by atoms with Gasteiger partial charge in [-0.15, -0.1) is 0 Å². The Morgan fingerprint density at radius 1 is 1.15 bits per heavy atom. The first-order chi connectivity index (χ1) is 9.69. The fourth-order valence-electron chi connectivity index (χ4n) is 4.18. The van der Waals surface area contributed by atoms with Crippen LogP contribution in [0.3, 0.4) is 0 Å². The van der Waals surface area contributed by atoms with E-state index in [0.717, 1.165) is 12.6 Å². The fourth-order valence-corrected chi connectivity index (χ4v) is 4.18. The van der Waals surface area contributed by atoms with Crippen molar-refractivity contribution < 1.29 is 4.74 Å². The van der Waals surface area contributed by atoms with Gasteiger partial charge in [-0.05, 0) is 66.2 Å². The number of rotatable bonds is 8. The highest BCUT2D eigenvalue weighted by Crippen LogP contribution is 2.53. The largest absolute Gasteiger partial charge is 0.378 e. The molecule has 2 fully saturated rings. The maximum atomic E-state index is 6.01. The van der Waals surface area contributed by atoms with Crippen LogP contribution in [0.15, 0.2) is 0 Å². The van der Waals surface area contributed by atoms with Crippen LogP contribution in [0, 0.1) is 5.41 Å². The first-order valence-corrected chi connectivity index (χ1v) is 8.69. The summed E-state index contributed by atoms with van der Waals surface area (Å²) in [6, 6.07) is 0.721. The molecule has 0 amide bonds. The molecule has 0 bridgehead atoms. The molecule has 118 valence electrons. The van der Waals surface area contributed by atoms with E-state index in [1.54, 1.807) is 0 Å². The minimum Gasteiger partial charge on any atom is -0.378 e. The zero-order chi connectivity index (χ0) is 14.4. The Balaban J connectivity index is 1.73. The third kappa shape index (κ3) is 3.75. The molecule has 0 saturated heterocycles. The second kappa shape index (κ2) is 7.77. The normalized spacial score (nSPS) is 28.8. The van der Waals surface area contributed by atoms with E-state index in [1.165, 1.54) is 64.5 Å². The van der Waals surface area contributed by atoms with Crippen molar-refractivity contribution >= 4 is 0 Å². The predicted molar refractivity (Wildman–Crippen MR) is 85.1 cm³/mol. The van der Waals surface area contributed by atoms with Crippen LogP contribution in [0.25, 0.3) is 0 Å². The maximum absolute atomic E-state index is 6.01. The average Bonchev–Trinajstić information content (AvgIpc) is 2.45. The lowest BCUT2D eigenvalue weighted by atomic mass is 9.55. The molecule has 2 aliphatic rings. The molecule has 0 aromatic rings. The standard InChI is InChI=1S/C17H34N2O/c1-4-20-16-14-15(17(16)10-6-5-7-11-17)18-12-8-9-13-19(2)3/h15-16,18H,4-14H2,1-3H3. The third-order valence-corrected chi connectivity index (χ3v) is 5.36. The van der Waals surface area contributed by atoms with E-state index >= 15 is 0 Å². The van der Waals surface area contributed by atoms with Crippen molar-refractivity contribution in [1.29, 1.82) is 0 Å². The summed E-state index contributed by atoms with van der Waals surface area (Å²) in [6.45, 7) is 5.40. The smallest absolute Gasteiger partial charge is 0.0661 e. The van der Waals surface area contributed by atoms with E-state index in [2.05, 4.69) is 31.2 Å². The zero-order valence-corrected chi connectivity index (χ0v) is 13.8. The second-order valence-electron chi connectivity index (χ2n) is 6.99. The topological polar surface area (TPSA) is 24.5 Å². The Hall–Kier alpha value is -0.120. The molecule has 0 aromatic heterocycles. The minimum atomic E-state index is 0.482. The lowest BCUT2D eigenvalue weighted by Crippen LogP contribution is -2.64. The molecule has 3 heteroatoms. The van der Waals surface area contributed by atoms with Crippen LogP contribution in [0.2, 0.25) is 0 Å². The molecule has 1 spiro atoms. The van der Waals surface area contributed by atoms with Crippen LogP contribution in [0.4, 0.5) is 0 Å². The summed E-state index contributed by atoms with van der Waals surface area (Å²) in [5.41, 5.74) is 0.482. The van der Waals surface area contributed by atoms with Gasteiger partial charge in [0.05, 0.1) is 6.10 Å². The van der Waals surface area contributed by atoms with Crippen molar-refractivity contribution in [3.8, 4) is 0 Å². The molecule has 2 saturated carbocycles. The number of hydrogen-bond acceptors (Lipinski definition) is 3. The first kappa shape index (κ1) is 16.3. The first-order valence-electron chi connectivity index (χ1n) is 8.69. The predicted octanol–water partition coefficient (Wildman–Crippen LogP) is 3.05. The fraction of sp³-hybridized carbons (Fsp3) is 1.00. The summed E-state index contributed by atoms with van der Waals surface area (Å²) in [6.07, 6.45) is 11.4. The van der Waals surface area contributed by atoms with Gasteiger partial charge in [-0.3, -0.25) is 0 Å². The van der Waals surface area contributed by atoms with Gasteiger partial charge in [0, 0.05) is 18.1 Å². The van der Waals surface area contributed by atoms with Gasteiger partial charge in [0.15, 0.2) is 0 Å². The van der Waals surface area contributed by atoms with Gasteiger partial charge in [0.25, 0.3) is 0 Å². The average molecular weight is 282 g/mol. The lowest BCUT2D eigenvalue weighted by molar-refractivity contribution is -0.149. The number of unbranched alkanes of at least 4 members (excludes halogenated alkanes) is 1. The van der Waals surface area contributed by atoms with E-state index in [9.17, 15) is 0 Å². The number of ether oxygens (including phenoxy) is 1. The molecule has 2 rings (SSSR count). The Bertz CT molecular complexity index is 274. The van der Waals surface area contributed by atoms with Gasteiger partial charge in [-0.25, -0.2) is 0 Å². The Morgan fingerprint density at radius 3 is 2.55 bits per heavy atom. The van der Waals surface area contributed by atoms with Crippen molar-refractivity contribution in [3.05, 3.63) is 0 Å². The van der Waals surface area contributed by atoms with E-state index in [4.69, 9.17) is 4.74 Å². The summed E-state index contributed by atoms with van der Waals surface area (Å²) in [5, 5.41) is 3.84. The minimum absolute atomic E-state index is 0.482. The highest BCUT2D eigenvalue weighted by atomic mass is 16.5. The molecule has 20 heavy (non-hydrogen) atoms. The summed E-state index contributed by atoms with van der Waals surface area (Å²) in [7, 11) is 4.31. The molecule has 0 heterocycles. The second-order valence-corrected chi connectivity index (χ2v) is 6.99. The van der Waals surface area contributed by atoms with E-state index in [1.807, 2.05) is 0 Å².